The van der Waals surface area contributed by atoms with E-state index < -0.39 is 5.97 Å². The van der Waals surface area contributed by atoms with Gasteiger partial charge in [0, 0.05) is 18.0 Å². The normalized spacial score (nSPS) is 11.0. The lowest BCUT2D eigenvalue weighted by Crippen LogP contribution is -2.17. The lowest BCUT2D eigenvalue weighted by atomic mass is 10.0. The highest BCUT2D eigenvalue weighted by Gasteiger charge is 2.16. The molecule has 0 aliphatic rings. The fraction of sp³-hybridized carbons (Fsp3) is 0.111. The van der Waals surface area contributed by atoms with E-state index in [1.54, 1.807) is 48.1 Å². The second-order valence-electron chi connectivity index (χ2n) is 7.72. The van der Waals surface area contributed by atoms with Crippen molar-refractivity contribution in [1.29, 1.82) is 0 Å². The zero-order chi connectivity index (χ0) is 24.2. The fourth-order valence-electron chi connectivity index (χ4n) is 3.89. The Bertz CT molecular complexity index is 1540. The molecule has 3 aromatic carbocycles. The Morgan fingerprint density at radius 2 is 1.83 bits per heavy atom. The minimum atomic E-state index is -0.470. The molecule has 5 aromatic rings. The van der Waals surface area contributed by atoms with Crippen molar-refractivity contribution in [2.45, 2.75) is 11.9 Å². The van der Waals surface area contributed by atoms with Crippen LogP contribution >= 0.6 is 11.8 Å². The Morgan fingerprint density at radius 1 is 1.03 bits per heavy atom. The van der Waals surface area contributed by atoms with Crippen LogP contribution < -0.4 is 5.32 Å². The number of carbonyl (C=O) groups is 2. The highest BCUT2D eigenvalue weighted by atomic mass is 32.2. The highest BCUT2D eigenvalue weighted by Crippen LogP contribution is 2.30. The number of ether oxygens (including phenoxy) is 1. The fourth-order valence-corrected chi connectivity index (χ4v) is 4.66. The largest absolute Gasteiger partial charge is 0.462 e. The molecule has 1 N–H and O–H groups in total. The van der Waals surface area contributed by atoms with Crippen molar-refractivity contribution in [3.8, 4) is 11.3 Å². The summed E-state index contributed by atoms with van der Waals surface area (Å²) in [5.41, 5.74) is 3.44. The van der Waals surface area contributed by atoms with Gasteiger partial charge in [-0.3, -0.25) is 4.79 Å². The van der Waals surface area contributed by atoms with E-state index in [2.05, 4.69) is 34.6 Å². The maximum atomic E-state index is 12.7. The zero-order valence-corrected chi connectivity index (χ0v) is 19.8. The number of hydrogen-bond acceptors (Lipinski definition) is 6. The number of benzene rings is 3. The van der Waals surface area contributed by atoms with E-state index in [0.29, 0.717) is 16.3 Å². The van der Waals surface area contributed by atoms with E-state index in [-0.39, 0.29) is 18.3 Å². The SMILES string of the molecule is CCOC(=O)c1ccccc1NC(=O)CSc1nccn2nc(-c3cccc4ccccc34)cc12. The minimum absolute atomic E-state index is 0.124. The van der Waals surface area contributed by atoms with Crippen molar-refractivity contribution < 1.29 is 14.3 Å². The number of nitrogens with one attached hydrogen (secondary N) is 1. The van der Waals surface area contributed by atoms with Crippen LogP contribution in [0.25, 0.3) is 27.5 Å². The van der Waals surface area contributed by atoms with Crippen molar-refractivity contribution in [2.75, 3.05) is 17.7 Å². The van der Waals surface area contributed by atoms with Gasteiger partial charge in [0.15, 0.2) is 0 Å². The monoisotopic (exact) mass is 482 g/mol. The lowest BCUT2D eigenvalue weighted by Gasteiger charge is -2.10. The van der Waals surface area contributed by atoms with Gasteiger partial charge in [0.25, 0.3) is 0 Å². The third-order valence-corrected chi connectivity index (χ3v) is 6.45. The smallest absolute Gasteiger partial charge is 0.340 e. The molecule has 0 unspecified atom stereocenters. The zero-order valence-electron chi connectivity index (χ0n) is 19.0. The van der Waals surface area contributed by atoms with Crippen molar-refractivity contribution >= 4 is 45.6 Å². The van der Waals surface area contributed by atoms with Gasteiger partial charge < -0.3 is 10.1 Å². The third kappa shape index (κ3) is 4.74. The van der Waals surface area contributed by atoms with E-state index in [4.69, 9.17) is 9.84 Å². The first-order valence-electron chi connectivity index (χ1n) is 11.2. The van der Waals surface area contributed by atoms with Gasteiger partial charge in [-0.1, -0.05) is 66.4 Å². The predicted octanol–water partition coefficient (Wildman–Crippen LogP) is 5.46. The summed E-state index contributed by atoms with van der Waals surface area (Å²) in [7, 11) is 0. The first-order chi connectivity index (χ1) is 17.1. The van der Waals surface area contributed by atoms with E-state index in [1.165, 1.54) is 11.8 Å². The molecular formula is C27H22N4O3S. The number of hydrogen-bond donors (Lipinski definition) is 1. The molecule has 0 spiro atoms. The Balaban J connectivity index is 1.36. The maximum Gasteiger partial charge on any atom is 0.340 e. The maximum absolute atomic E-state index is 12.7. The molecule has 2 heterocycles. The van der Waals surface area contributed by atoms with Crippen LogP contribution in [-0.2, 0) is 9.53 Å². The average Bonchev–Trinajstić information content (AvgIpc) is 3.32. The Morgan fingerprint density at radius 3 is 2.71 bits per heavy atom. The van der Waals surface area contributed by atoms with Crippen LogP contribution in [0.15, 0.2) is 90.2 Å². The van der Waals surface area contributed by atoms with E-state index in [1.807, 2.05) is 24.3 Å². The molecule has 35 heavy (non-hydrogen) atoms. The van der Waals surface area contributed by atoms with Crippen molar-refractivity contribution in [3.05, 3.63) is 90.8 Å². The molecule has 1 amide bonds. The molecule has 0 atom stereocenters. The molecule has 0 fully saturated rings. The van der Waals surface area contributed by atoms with Crippen LogP contribution in [0.1, 0.15) is 17.3 Å². The average molecular weight is 483 g/mol. The second-order valence-corrected chi connectivity index (χ2v) is 8.69. The molecule has 0 bridgehead atoms. The number of fused-ring (bicyclic) bond motifs is 2. The number of amides is 1. The summed E-state index contributed by atoms with van der Waals surface area (Å²) in [5.74, 6) is -0.592. The van der Waals surface area contributed by atoms with Gasteiger partial charge in [0.05, 0.1) is 34.8 Å². The number of anilines is 1. The summed E-state index contributed by atoms with van der Waals surface area (Å²) in [5, 5.41) is 10.5. The molecule has 0 aliphatic heterocycles. The van der Waals surface area contributed by atoms with Crippen LogP contribution in [0, 0.1) is 0 Å². The van der Waals surface area contributed by atoms with Crippen molar-refractivity contribution in [3.63, 3.8) is 0 Å². The number of thioether (sulfide) groups is 1. The number of para-hydroxylation sites is 1. The standard InChI is InChI=1S/C27H22N4O3S/c1-2-34-27(33)21-11-5-6-13-22(21)29-25(32)17-35-26-24-16-23(30-31(24)15-14-28-26)20-12-7-9-18-8-3-4-10-19(18)20/h3-16H,2,17H2,1H3,(H,29,32). The summed E-state index contributed by atoms with van der Waals surface area (Å²) in [4.78, 5) is 29.3. The van der Waals surface area contributed by atoms with Gasteiger partial charge in [0.1, 0.15) is 5.03 Å². The molecule has 5 rings (SSSR count). The van der Waals surface area contributed by atoms with Crippen LogP contribution in [0.4, 0.5) is 5.69 Å². The van der Waals surface area contributed by atoms with Crippen molar-refractivity contribution in [1.82, 2.24) is 14.6 Å². The summed E-state index contributed by atoms with van der Waals surface area (Å²) >= 11 is 1.31. The highest BCUT2D eigenvalue weighted by molar-refractivity contribution is 8.00. The molecule has 0 aliphatic carbocycles. The van der Waals surface area contributed by atoms with Gasteiger partial charge in [-0.25, -0.2) is 14.3 Å². The molecule has 0 saturated heterocycles. The van der Waals surface area contributed by atoms with E-state index in [9.17, 15) is 9.59 Å². The first-order valence-corrected chi connectivity index (χ1v) is 12.1. The molecular weight excluding hydrogens is 460 g/mol. The minimum Gasteiger partial charge on any atom is -0.462 e. The number of nitrogens with zero attached hydrogens (tertiary/aromatic N) is 3. The van der Waals surface area contributed by atoms with Gasteiger partial charge in [0.2, 0.25) is 5.91 Å². The third-order valence-electron chi connectivity index (χ3n) is 5.46. The molecule has 2 aromatic heterocycles. The topological polar surface area (TPSA) is 85.6 Å². The molecule has 174 valence electrons. The summed E-state index contributed by atoms with van der Waals surface area (Å²) in [6.45, 7) is 2.00. The van der Waals surface area contributed by atoms with Crippen molar-refractivity contribution in [2.24, 2.45) is 0 Å². The van der Waals surface area contributed by atoms with Gasteiger partial charge in [-0.05, 0) is 35.9 Å². The van der Waals surface area contributed by atoms with E-state index in [0.717, 1.165) is 27.5 Å². The summed E-state index contributed by atoms with van der Waals surface area (Å²) in [6.07, 6.45) is 3.47. The van der Waals surface area contributed by atoms with Gasteiger partial charge in [-0.15, -0.1) is 0 Å². The Hall–Kier alpha value is -4.17. The van der Waals surface area contributed by atoms with Crippen LogP contribution in [0.3, 0.4) is 0 Å². The first kappa shape index (κ1) is 22.6. The number of carbonyl (C=O) groups excluding carboxylic acids is 2. The summed E-state index contributed by atoms with van der Waals surface area (Å²) in [6, 6.07) is 23.1. The number of aromatic nitrogens is 3. The number of rotatable bonds is 7. The van der Waals surface area contributed by atoms with Crippen LogP contribution in [-0.4, -0.2) is 38.8 Å². The van der Waals surface area contributed by atoms with Crippen LogP contribution in [0.5, 0.6) is 0 Å². The molecule has 0 radical (unpaired) electrons. The van der Waals surface area contributed by atoms with Crippen LogP contribution in [0.2, 0.25) is 0 Å². The Labute approximate surface area is 206 Å². The molecule has 8 heteroatoms. The molecule has 7 nitrogen and oxygen atoms in total. The number of esters is 1. The Kier molecular flexibility index (Phi) is 6.45. The van der Waals surface area contributed by atoms with Gasteiger partial charge >= 0.3 is 5.97 Å². The van der Waals surface area contributed by atoms with Gasteiger partial charge in [-0.2, -0.15) is 5.10 Å². The second kappa shape index (κ2) is 9.99. The predicted molar refractivity (Wildman–Crippen MR) is 138 cm³/mol. The summed E-state index contributed by atoms with van der Waals surface area (Å²) < 4.78 is 6.86. The molecule has 0 saturated carbocycles. The lowest BCUT2D eigenvalue weighted by molar-refractivity contribution is -0.113. The quantitative estimate of drug-likeness (QED) is 0.245. The van der Waals surface area contributed by atoms with E-state index >= 15 is 0 Å².